The monoisotopic (exact) mass is 414 g/mol. The zero-order valence-electron chi connectivity index (χ0n) is 17.5. The molecule has 2 aromatic carbocycles. The molecular weight excluding hydrogens is 384 g/mol. The molecule has 0 unspecified atom stereocenters. The molecule has 0 saturated carbocycles. The Hall–Kier alpha value is -2.08. The number of likely N-dealkylation sites (tertiary alicyclic amines) is 1. The van der Waals surface area contributed by atoms with Crippen molar-refractivity contribution in [3.05, 3.63) is 64.7 Å². The van der Waals surface area contributed by atoms with Gasteiger partial charge in [0.05, 0.1) is 6.04 Å². The topological polar surface area (TPSA) is 47.6 Å². The van der Waals surface area contributed by atoms with Crippen LogP contribution in [0.4, 0.5) is 5.69 Å². The third kappa shape index (κ3) is 5.95. The van der Waals surface area contributed by atoms with Crippen LogP contribution in [0.3, 0.4) is 0 Å². The number of rotatable bonds is 8. The lowest BCUT2D eigenvalue weighted by molar-refractivity contribution is -0.125. The van der Waals surface area contributed by atoms with Gasteiger partial charge in [0.25, 0.3) is 0 Å². The van der Waals surface area contributed by atoms with Gasteiger partial charge in [-0.25, -0.2) is 0 Å². The van der Waals surface area contributed by atoms with E-state index in [9.17, 15) is 4.79 Å². The van der Waals surface area contributed by atoms with E-state index in [4.69, 9.17) is 11.6 Å². The Morgan fingerprint density at radius 3 is 2.38 bits per heavy atom. The Morgan fingerprint density at radius 1 is 1.10 bits per heavy atom. The van der Waals surface area contributed by atoms with E-state index in [2.05, 4.69) is 44.7 Å². The van der Waals surface area contributed by atoms with Gasteiger partial charge in [-0.1, -0.05) is 35.9 Å². The summed E-state index contributed by atoms with van der Waals surface area (Å²) in [4.78, 5) is 17.0. The van der Waals surface area contributed by atoms with E-state index in [1.54, 1.807) is 0 Å². The predicted octanol–water partition coefficient (Wildman–Crippen LogP) is 3.27. The Bertz CT molecular complexity index is 792. The molecule has 1 aliphatic rings. The van der Waals surface area contributed by atoms with E-state index in [0.29, 0.717) is 6.54 Å². The minimum Gasteiger partial charge on any atom is -0.378 e. The quantitative estimate of drug-likeness (QED) is 0.696. The first-order valence-electron chi connectivity index (χ1n) is 10.2. The van der Waals surface area contributed by atoms with Gasteiger partial charge >= 0.3 is 0 Å². The fourth-order valence-electron chi connectivity index (χ4n) is 3.79. The summed E-state index contributed by atoms with van der Waals surface area (Å²) in [5, 5.41) is 7.36. The molecule has 156 valence electrons. The molecule has 0 spiro atoms. The Labute approximate surface area is 179 Å². The molecule has 0 radical (unpaired) electrons. The summed E-state index contributed by atoms with van der Waals surface area (Å²) in [7, 11) is 4.09. The fraction of sp³-hybridized carbons (Fsp3) is 0.435. The van der Waals surface area contributed by atoms with Gasteiger partial charge in [-0.3, -0.25) is 9.69 Å². The van der Waals surface area contributed by atoms with E-state index in [1.165, 1.54) is 16.8 Å². The van der Waals surface area contributed by atoms with Crippen molar-refractivity contribution >= 4 is 23.2 Å². The molecule has 2 atom stereocenters. The molecular formula is C23H31ClN4O. The van der Waals surface area contributed by atoms with Crippen LogP contribution >= 0.6 is 11.6 Å². The van der Waals surface area contributed by atoms with Crippen LogP contribution in [0.5, 0.6) is 0 Å². The molecule has 5 nitrogen and oxygen atoms in total. The number of hydrogen-bond acceptors (Lipinski definition) is 4. The molecule has 1 heterocycles. The van der Waals surface area contributed by atoms with Crippen LogP contribution in [0.2, 0.25) is 5.02 Å². The molecule has 0 bridgehead atoms. The van der Waals surface area contributed by atoms with Crippen LogP contribution in [0.1, 0.15) is 24.5 Å². The molecule has 0 aromatic heterocycles. The van der Waals surface area contributed by atoms with Crippen LogP contribution in [0.15, 0.2) is 48.5 Å². The van der Waals surface area contributed by atoms with E-state index >= 15 is 0 Å². The van der Waals surface area contributed by atoms with Crippen molar-refractivity contribution in [2.75, 3.05) is 32.1 Å². The molecule has 2 aromatic rings. The molecule has 29 heavy (non-hydrogen) atoms. The summed E-state index contributed by atoms with van der Waals surface area (Å²) < 4.78 is 0. The third-order valence-corrected chi connectivity index (χ3v) is 5.66. The summed E-state index contributed by atoms with van der Waals surface area (Å²) in [5.41, 5.74) is 3.62. The van der Waals surface area contributed by atoms with Gasteiger partial charge in [0.15, 0.2) is 0 Å². The first-order chi connectivity index (χ1) is 14.0. The lowest BCUT2D eigenvalue weighted by Crippen LogP contribution is -2.42. The number of likely N-dealkylation sites (N-methyl/N-ethyl adjacent to an activating group) is 1. The molecule has 1 aliphatic heterocycles. The molecule has 2 N–H and O–H groups in total. The lowest BCUT2D eigenvalue weighted by Gasteiger charge is -2.23. The maximum Gasteiger partial charge on any atom is 0.237 e. The van der Waals surface area contributed by atoms with Gasteiger partial charge in [0, 0.05) is 57.0 Å². The van der Waals surface area contributed by atoms with Gasteiger partial charge < -0.3 is 15.5 Å². The first-order valence-corrected chi connectivity index (χ1v) is 10.6. The first kappa shape index (κ1) is 21.6. The van der Waals surface area contributed by atoms with E-state index in [0.717, 1.165) is 31.1 Å². The normalized spacial score (nSPS) is 19.3. The number of carbonyl (C=O) groups excluding carboxylic acids is 1. The number of carbonyl (C=O) groups is 1. The number of anilines is 1. The molecule has 6 heteroatoms. The van der Waals surface area contributed by atoms with Gasteiger partial charge in [-0.2, -0.15) is 0 Å². The van der Waals surface area contributed by atoms with Crippen molar-refractivity contribution in [1.82, 2.24) is 15.5 Å². The number of halogens is 1. The van der Waals surface area contributed by atoms with Crippen LogP contribution in [-0.2, 0) is 17.9 Å². The minimum atomic E-state index is -0.112. The fourth-order valence-corrected chi connectivity index (χ4v) is 3.92. The predicted molar refractivity (Wildman–Crippen MR) is 120 cm³/mol. The van der Waals surface area contributed by atoms with Crippen LogP contribution < -0.4 is 15.5 Å². The highest BCUT2D eigenvalue weighted by Gasteiger charge is 2.36. The second kappa shape index (κ2) is 10.1. The highest BCUT2D eigenvalue weighted by molar-refractivity contribution is 6.30. The van der Waals surface area contributed by atoms with Gasteiger partial charge in [-0.05, 0) is 48.7 Å². The van der Waals surface area contributed by atoms with Crippen LogP contribution in [0.25, 0.3) is 0 Å². The zero-order chi connectivity index (χ0) is 20.8. The minimum absolute atomic E-state index is 0.112. The maximum atomic E-state index is 12.6. The lowest BCUT2D eigenvalue weighted by atomic mass is 10.1. The second-order valence-corrected chi connectivity index (χ2v) is 8.28. The van der Waals surface area contributed by atoms with E-state index in [-0.39, 0.29) is 18.0 Å². The molecule has 0 aliphatic carbocycles. The number of benzene rings is 2. The molecule has 1 saturated heterocycles. The number of amides is 1. The van der Waals surface area contributed by atoms with E-state index in [1.807, 2.05) is 45.3 Å². The van der Waals surface area contributed by atoms with Gasteiger partial charge in [-0.15, -0.1) is 0 Å². The van der Waals surface area contributed by atoms with Gasteiger partial charge in [0.2, 0.25) is 5.91 Å². The standard InChI is InChI=1S/C23H31ClN4O/c1-4-25-23(29)22-13-20(16-28(22)15-18-5-9-19(24)10-6-18)26-14-17-7-11-21(12-8-17)27(2)3/h5-12,20,22,26H,4,13-16H2,1-3H3,(H,25,29)/t20-,22-/m0/s1. The molecule has 1 fully saturated rings. The highest BCUT2D eigenvalue weighted by Crippen LogP contribution is 2.22. The average molecular weight is 415 g/mol. The van der Waals surface area contributed by atoms with Crippen molar-refractivity contribution in [3.63, 3.8) is 0 Å². The average Bonchev–Trinajstić information content (AvgIpc) is 3.11. The van der Waals surface area contributed by atoms with Gasteiger partial charge in [0.1, 0.15) is 0 Å². The third-order valence-electron chi connectivity index (χ3n) is 5.40. The Morgan fingerprint density at radius 2 is 1.76 bits per heavy atom. The van der Waals surface area contributed by atoms with Crippen LogP contribution in [-0.4, -0.2) is 50.1 Å². The largest absolute Gasteiger partial charge is 0.378 e. The Kier molecular flexibility index (Phi) is 7.53. The van der Waals surface area contributed by atoms with Crippen LogP contribution in [0, 0.1) is 0 Å². The summed E-state index contributed by atoms with van der Waals surface area (Å²) in [5.74, 6) is 0.112. The summed E-state index contributed by atoms with van der Waals surface area (Å²) in [6.07, 6.45) is 0.815. The maximum absolute atomic E-state index is 12.6. The summed E-state index contributed by atoms with van der Waals surface area (Å²) >= 11 is 6.01. The second-order valence-electron chi connectivity index (χ2n) is 7.84. The summed E-state index contributed by atoms with van der Waals surface area (Å²) in [6.45, 7) is 5.01. The van der Waals surface area contributed by atoms with Crippen molar-refractivity contribution in [1.29, 1.82) is 0 Å². The van der Waals surface area contributed by atoms with Crippen molar-refractivity contribution < 1.29 is 4.79 Å². The van der Waals surface area contributed by atoms with Crippen molar-refractivity contribution in [3.8, 4) is 0 Å². The highest BCUT2D eigenvalue weighted by atomic mass is 35.5. The molecule has 3 rings (SSSR count). The number of nitrogens with zero attached hydrogens (tertiary/aromatic N) is 2. The zero-order valence-corrected chi connectivity index (χ0v) is 18.2. The van der Waals surface area contributed by atoms with E-state index < -0.39 is 0 Å². The Balaban J connectivity index is 1.62. The number of nitrogens with one attached hydrogen (secondary N) is 2. The number of hydrogen-bond donors (Lipinski definition) is 2. The van der Waals surface area contributed by atoms with Crippen molar-refractivity contribution in [2.24, 2.45) is 0 Å². The van der Waals surface area contributed by atoms with Crippen molar-refractivity contribution in [2.45, 2.75) is 38.5 Å². The molecule has 1 amide bonds. The SMILES string of the molecule is CCNC(=O)[C@@H]1C[C@H](NCc2ccc(N(C)C)cc2)CN1Cc1ccc(Cl)cc1. The summed E-state index contributed by atoms with van der Waals surface area (Å²) in [6, 6.07) is 16.6. The smallest absolute Gasteiger partial charge is 0.237 e.